The highest BCUT2D eigenvalue weighted by Gasteiger charge is 2.08. The number of rotatable bonds is 5. The highest BCUT2D eigenvalue weighted by molar-refractivity contribution is 5.82. The quantitative estimate of drug-likeness (QED) is 0.654. The zero-order valence-corrected chi connectivity index (χ0v) is 12.0. The van der Waals surface area contributed by atoms with Gasteiger partial charge in [0.25, 0.3) is 0 Å². The Balaban J connectivity index is 1.84. The van der Waals surface area contributed by atoms with Crippen molar-refractivity contribution >= 4 is 12.1 Å². The van der Waals surface area contributed by atoms with E-state index >= 15 is 0 Å². The monoisotopic (exact) mass is 288 g/mol. The topological polar surface area (TPSA) is 70.1 Å². The fraction of sp³-hybridized carbons (Fsp3) is 0.267. The predicted octanol–water partition coefficient (Wildman–Crippen LogP) is 2.25. The van der Waals surface area contributed by atoms with Gasteiger partial charge in [-0.1, -0.05) is 18.2 Å². The van der Waals surface area contributed by atoms with Crippen molar-refractivity contribution in [3.63, 3.8) is 0 Å². The summed E-state index contributed by atoms with van der Waals surface area (Å²) in [6, 6.07) is 6.23. The largest absolute Gasteiger partial charge is 0.282 e. The molecule has 21 heavy (non-hydrogen) atoms. The smallest absolute Gasteiger partial charge is 0.240 e. The van der Waals surface area contributed by atoms with E-state index in [0.29, 0.717) is 18.4 Å². The van der Waals surface area contributed by atoms with Crippen LogP contribution in [0.1, 0.15) is 28.9 Å². The molecule has 0 unspecified atom stereocenters. The molecule has 0 radical (unpaired) electrons. The highest BCUT2D eigenvalue weighted by atomic mass is 19.1. The molecule has 6 heteroatoms. The van der Waals surface area contributed by atoms with Gasteiger partial charge < -0.3 is 0 Å². The second-order valence-electron chi connectivity index (χ2n) is 4.73. The molecule has 2 N–H and O–H groups in total. The van der Waals surface area contributed by atoms with Gasteiger partial charge in [-0.15, -0.1) is 0 Å². The third-order valence-corrected chi connectivity index (χ3v) is 3.18. The van der Waals surface area contributed by atoms with Crippen LogP contribution in [0.3, 0.4) is 0 Å². The number of aromatic nitrogens is 2. The molecule has 0 aliphatic heterocycles. The van der Waals surface area contributed by atoms with Crippen LogP contribution in [0.2, 0.25) is 0 Å². The van der Waals surface area contributed by atoms with Gasteiger partial charge in [-0.3, -0.25) is 9.89 Å². The van der Waals surface area contributed by atoms with Crippen molar-refractivity contribution < 1.29 is 9.18 Å². The van der Waals surface area contributed by atoms with E-state index in [2.05, 4.69) is 20.7 Å². The lowest BCUT2D eigenvalue weighted by Crippen LogP contribution is -2.18. The summed E-state index contributed by atoms with van der Waals surface area (Å²) in [6.07, 6.45) is 2.19. The molecular weight excluding hydrogens is 271 g/mol. The van der Waals surface area contributed by atoms with E-state index in [1.54, 1.807) is 18.2 Å². The first-order valence-electron chi connectivity index (χ1n) is 6.65. The van der Waals surface area contributed by atoms with E-state index < -0.39 is 0 Å². The third kappa shape index (κ3) is 3.98. The van der Waals surface area contributed by atoms with E-state index in [0.717, 1.165) is 17.0 Å². The van der Waals surface area contributed by atoms with Gasteiger partial charge in [-0.2, -0.15) is 10.2 Å². The second kappa shape index (κ2) is 6.78. The van der Waals surface area contributed by atoms with Crippen LogP contribution in [0.25, 0.3) is 0 Å². The summed E-state index contributed by atoms with van der Waals surface area (Å²) in [4.78, 5) is 11.7. The number of nitrogens with one attached hydrogen (secondary N) is 2. The van der Waals surface area contributed by atoms with E-state index in [1.807, 2.05) is 13.8 Å². The van der Waals surface area contributed by atoms with Crippen LogP contribution in [0.15, 0.2) is 29.4 Å². The lowest BCUT2D eigenvalue weighted by atomic mass is 10.1. The molecule has 0 saturated carbocycles. The van der Waals surface area contributed by atoms with E-state index in [9.17, 15) is 9.18 Å². The maximum Gasteiger partial charge on any atom is 0.240 e. The van der Waals surface area contributed by atoms with Crippen molar-refractivity contribution in [3.8, 4) is 0 Å². The normalized spacial score (nSPS) is 11.0. The molecule has 0 aliphatic carbocycles. The standard InChI is InChI=1S/C15H17FN4O/c1-10-13(11(2)19-18-10)7-8-15(21)20-17-9-12-5-3-4-6-14(12)16/h3-6,9H,7-8H2,1-2H3,(H,18,19)(H,20,21)/b17-9+. The zero-order valence-electron chi connectivity index (χ0n) is 12.0. The number of aromatic amines is 1. The minimum absolute atomic E-state index is 0.220. The van der Waals surface area contributed by atoms with Crippen LogP contribution in [0.4, 0.5) is 4.39 Å². The molecule has 0 fully saturated rings. The number of carbonyl (C=O) groups is 1. The van der Waals surface area contributed by atoms with Crippen molar-refractivity contribution in [1.82, 2.24) is 15.6 Å². The molecule has 0 aliphatic rings. The Hall–Kier alpha value is -2.50. The molecular formula is C15H17FN4O. The summed E-state index contributed by atoms with van der Waals surface area (Å²) in [5.41, 5.74) is 5.64. The third-order valence-electron chi connectivity index (χ3n) is 3.18. The van der Waals surface area contributed by atoms with Gasteiger partial charge >= 0.3 is 0 Å². The number of H-pyrrole nitrogens is 1. The van der Waals surface area contributed by atoms with Crippen LogP contribution < -0.4 is 5.43 Å². The lowest BCUT2D eigenvalue weighted by Gasteiger charge is -2.01. The molecule has 5 nitrogen and oxygen atoms in total. The van der Waals surface area contributed by atoms with Crippen molar-refractivity contribution in [2.24, 2.45) is 5.10 Å². The predicted molar refractivity (Wildman–Crippen MR) is 78.5 cm³/mol. The summed E-state index contributed by atoms with van der Waals surface area (Å²) in [7, 11) is 0. The first kappa shape index (κ1) is 14.9. The van der Waals surface area contributed by atoms with Crippen molar-refractivity contribution in [2.45, 2.75) is 26.7 Å². The molecule has 1 amide bonds. The van der Waals surface area contributed by atoms with Crippen LogP contribution in [0.5, 0.6) is 0 Å². The fourth-order valence-corrected chi connectivity index (χ4v) is 1.99. The van der Waals surface area contributed by atoms with Gasteiger partial charge in [-0.05, 0) is 31.9 Å². The number of hydrogen-bond acceptors (Lipinski definition) is 3. The average molecular weight is 288 g/mol. The van der Waals surface area contributed by atoms with E-state index in [4.69, 9.17) is 0 Å². The van der Waals surface area contributed by atoms with Crippen LogP contribution >= 0.6 is 0 Å². The zero-order chi connectivity index (χ0) is 15.2. The first-order valence-corrected chi connectivity index (χ1v) is 6.65. The molecule has 1 heterocycles. The Labute approximate surface area is 122 Å². The van der Waals surface area contributed by atoms with E-state index in [1.165, 1.54) is 12.3 Å². The minimum Gasteiger partial charge on any atom is -0.282 e. The van der Waals surface area contributed by atoms with E-state index in [-0.39, 0.29) is 11.7 Å². The second-order valence-corrected chi connectivity index (χ2v) is 4.73. The molecule has 1 aromatic carbocycles. The SMILES string of the molecule is Cc1n[nH]c(C)c1CCC(=O)N/N=C/c1ccccc1F. The molecule has 0 saturated heterocycles. The molecule has 0 atom stereocenters. The summed E-state index contributed by atoms with van der Waals surface area (Å²) < 4.78 is 13.3. The average Bonchev–Trinajstić information content (AvgIpc) is 2.78. The number of aryl methyl sites for hydroxylation is 2. The Bertz CT molecular complexity index is 644. The number of halogens is 1. The number of hydrogen-bond donors (Lipinski definition) is 2. The van der Waals surface area contributed by atoms with Gasteiger partial charge in [-0.25, -0.2) is 9.82 Å². The van der Waals surface area contributed by atoms with Crippen LogP contribution in [-0.4, -0.2) is 22.3 Å². The molecule has 1 aromatic heterocycles. The highest BCUT2D eigenvalue weighted by Crippen LogP contribution is 2.11. The Kier molecular flexibility index (Phi) is 4.81. The molecule has 0 bridgehead atoms. The molecule has 0 spiro atoms. The maximum absolute atomic E-state index is 13.3. The van der Waals surface area contributed by atoms with Gasteiger partial charge in [0, 0.05) is 17.7 Å². The number of benzene rings is 1. The minimum atomic E-state index is -0.375. The number of amides is 1. The Morgan fingerprint density at radius 2 is 2.19 bits per heavy atom. The first-order chi connectivity index (χ1) is 10.1. The Morgan fingerprint density at radius 3 is 2.86 bits per heavy atom. The van der Waals surface area contributed by atoms with Crippen molar-refractivity contribution in [2.75, 3.05) is 0 Å². The number of nitrogens with zero attached hydrogens (tertiary/aromatic N) is 2. The summed E-state index contributed by atoms with van der Waals surface area (Å²) >= 11 is 0. The van der Waals surface area contributed by atoms with Gasteiger partial charge in [0.05, 0.1) is 11.9 Å². The molecule has 110 valence electrons. The lowest BCUT2D eigenvalue weighted by molar-refractivity contribution is -0.121. The summed E-state index contributed by atoms with van der Waals surface area (Å²) in [5, 5.41) is 10.7. The Morgan fingerprint density at radius 1 is 1.43 bits per heavy atom. The molecule has 2 aromatic rings. The van der Waals surface area contributed by atoms with Gasteiger partial charge in [0.2, 0.25) is 5.91 Å². The summed E-state index contributed by atoms with van der Waals surface area (Å²) in [5.74, 6) is -0.595. The van der Waals surface area contributed by atoms with Crippen molar-refractivity contribution in [3.05, 3.63) is 52.6 Å². The van der Waals surface area contributed by atoms with Gasteiger partial charge in [0.15, 0.2) is 0 Å². The van der Waals surface area contributed by atoms with Crippen molar-refractivity contribution in [1.29, 1.82) is 0 Å². The van der Waals surface area contributed by atoms with Crippen LogP contribution in [0, 0.1) is 19.7 Å². The number of carbonyl (C=O) groups excluding carboxylic acids is 1. The van der Waals surface area contributed by atoms with Crippen LogP contribution in [-0.2, 0) is 11.2 Å². The number of hydrazone groups is 1. The fourth-order valence-electron chi connectivity index (χ4n) is 1.99. The molecule has 2 rings (SSSR count). The maximum atomic E-state index is 13.3. The van der Waals surface area contributed by atoms with Gasteiger partial charge in [0.1, 0.15) is 5.82 Å². The summed E-state index contributed by atoms with van der Waals surface area (Å²) in [6.45, 7) is 3.82.